The maximum Gasteiger partial charge on any atom is 0.359 e. The van der Waals surface area contributed by atoms with Crippen LogP contribution in [0.5, 0.6) is 0 Å². The van der Waals surface area contributed by atoms with Gasteiger partial charge in [0.15, 0.2) is 5.34 Å². The van der Waals surface area contributed by atoms with Gasteiger partial charge in [0.1, 0.15) is 0 Å². The lowest BCUT2D eigenvalue weighted by Gasteiger charge is -2.42. The van der Waals surface area contributed by atoms with Gasteiger partial charge < -0.3 is 19.7 Å². The van der Waals surface area contributed by atoms with E-state index in [1.54, 1.807) is 20.8 Å². The number of H-pyrrole nitrogens is 2. The van der Waals surface area contributed by atoms with Crippen molar-refractivity contribution in [2.24, 2.45) is 5.92 Å². The van der Waals surface area contributed by atoms with Crippen molar-refractivity contribution in [1.82, 2.24) is 9.97 Å². The minimum atomic E-state index is -4.33. The molecule has 5 atom stereocenters. The Morgan fingerprint density at radius 2 is 1.90 bits per heavy atom. The van der Waals surface area contributed by atoms with Gasteiger partial charge in [-0.1, -0.05) is 27.7 Å². The molecule has 4 N–H and O–H groups in total. The maximum absolute atomic E-state index is 12.9. The Balaban J connectivity index is 2.20. The smallest absolute Gasteiger partial charge is 0.359 e. The molecule has 1 saturated heterocycles. The van der Waals surface area contributed by atoms with E-state index in [9.17, 15) is 24.2 Å². The highest BCUT2D eigenvalue weighted by atomic mass is 31.2. The molecule has 1 aromatic rings. The number of hydrogen-bond acceptors (Lipinski definition) is 6. The first-order valence-corrected chi connectivity index (χ1v) is 11.7. The van der Waals surface area contributed by atoms with Gasteiger partial charge in [0.2, 0.25) is 0 Å². The molecule has 5 unspecified atom stereocenters. The molecule has 0 aromatic carbocycles. The zero-order valence-electron chi connectivity index (χ0n) is 17.7. The number of aromatic amines is 2. The molecule has 2 rings (SSSR count). The van der Waals surface area contributed by atoms with Crippen LogP contribution in [0, 0.1) is 5.92 Å². The predicted octanol–water partition coefficient (Wildman–Crippen LogP) is 2.80. The first kappa shape index (κ1) is 24.0. The summed E-state index contributed by atoms with van der Waals surface area (Å²) in [5, 5.41) is 8.77. The fourth-order valence-corrected chi connectivity index (χ4v) is 5.63. The van der Waals surface area contributed by atoms with Crippen molar-refractivity contribution in [3.63, 3.8) is 0 Å². The number of aromatic nitrogens is 2. The van der Waals surface area contributed by atoms with Crippen LogP contribution in [0.2, 0.25) is 0 Å². The predicted molar refractivity (Wildman–Crippen MR) is 109 cm³/mol. The highest BCUT2D eigenvalue weighted by Gasteiger charge is 2.51. The van der Waals surface area contributed by atoms with Crippen LogP contribution in [0.4, 0.5) is 0 Å². The van der Waals surface area contributed by atoms with E-state index in [0.717, 1.165) is 0 Å². The molecule has 166 valence electrons. The number of nitrogens with one attached hydrogen (secondary N) is 2. The van der Waals surface area contributed by atoms with E-state index in [0.29, 0.717) is 24.8 Å². The van der Waals surface area contributed by atoms with E-state index in [1.807, 2.05) is 13.8 Å². The molecular weight excluding hydrogens is 399 g/mol. The summed E-state index contributed by atoms with van der Waals surface area (Å²) in [6, 6.07) is 0. The molecule has 2 heterocycles. The van der Waals surface area contributed by atoms with Crippen LogP contribution >= 0.6 is 7.60 Å². The van der Waals surface area contributed by atoms with Crippen molar-refractivity contribution >= 4 is 7.60 Å². The molecule has 0 saturated carbocycles. The van der Waals surface area contributed by atoms with Gasteiger partial charge in [-0.05, 0) is 39.0 Å². The van der Waals surface area contributed by atoms with Gasteiger partial charge >= 0.3 is 13.3 Å². The highest BCUT2D eigenvalue weighted by molar-refractivity contribution is 7.54. The minimum Gasteiger partial charge on any atom is -0.377 e. The molecule has 1 fully saturated rings. The first-order chi connectivity index (χ1) is 13.4. The quantitative estimate of drug-likeness (QED) is 0.440. The fraction of sp³-hybridized carbons (Fsp3) is 0.789. The summed E-state index contributed by atoms with van der Waals surface area (Å²) in [6.07, 6.45) is 2.41. The Morgan fingerprint density at radius 1 is 1.28 bits per heavy atom. The van der Waals surface area contributed by atoms with Crippen molar-refractivity contribution in [1.29, 1.82) is 0 Å². The summed E-state index contributed by atoms with van der Waals surface area (Å²) in [4.78, 5) is 38.5. The first-order valence-electron chi connectivity index (χ1n) is 10.2. The van der Waals surface area contributed by atoms with Gasteiger partial charge in [-0.2, -0.15) is 0 Å². The second kappa shape index (κ2) is 8.86. The molecule has 10 heteroatoms. The Hall–Kier alpha value is -1.25. The van der Waals surface area contributed by atoms with E-state index in [1.165, 1.54) is 6.20 Å². The molecule has 9 nitrogen and oxygen atoms in total. The highest BCUT2D eigenvalue weighted by Crippen LogP contribution is 2.61. The molecule has 0 aliphatic carbocycles. The topological polar surface area (TPSA) is 142 Å². The molecule has 1 aliphatic rings. The molecule has 0 bridgehead atoms. The van der Waals surface area contributed by atoms with Crippen LogP contribution < -0.4 is 11.2 Å². The van der Waals surface area contributed by atoms with Crippen LogP contribution in [0.3, 0.4) is 0 Å². The third kappa shape index (κ3) is 4.75. The number of aliphatic hydroxyl groups is 1. The van der Waals surface area contributed by atoms with E-state index >= 15 is 0 Å². The average molecular weight is 432 g/mol. The van der Waals surface area contributed by atoms with Gasteiger partial charge in [-0.3, -0.25) is 18.9 Å². The zero-order valence-corrected chi connectivity index (χ0v) is 18.6. The van der Waals surface area contributed by atoms with Crippen molar-refractivity contribution in [2.45, 2.75) is 89.9 Å². The second-order valence-electron chi connectivity index (χ2n) is 8.02. The van der Waals surface area contributed by atoms with E-state index in [2.05, 4.69) is 9.97 Å². The third-order valence-electron chi connectivity index (χ3n) is 6.46. The molecule has 29 heavy (non-hydrogen) atoms. The van der Waals surface area contributed by atoms with E-state index in [-0.39, 0.29) is 24.9 Å². The Bertz CT molecular complexity index is 863. The molecule has 1 aromatic heterocycles. The van der Waals surface area contributed by atoms with Crippen LogP contribution in [0.15, 0.2) is 15.8 Å². The van der Waals surface area contributed by atoms with Gasteiger partial charge in [-0.25, -0.2) is 4.79 Å². The Morgan fingerprint density at radius 3 is 2.41 bits per heavy atom. The molecular formula is C19H33N2O7P. The van der Waals surface area contributed by atoms with Crippen LogP contribution in [-0.2, 0) is 13.8 Å². The van der Waals surface area contributed by atoms with Crippen LogP contribution in [0.1, 0.15) is 78.4 Å². The summed E-state index contributed by atoms with van der Waals surface area (Å²) in [5.41, 5.74) is -1.74. The number of ether oxygens (including phenoxy) is 1. The van der Waals surface area contributed by atoms with Crippen molar-refractivity contribution < 1.29 is 23.8 Å². The van der Waals surface area contributed by atoms with E-state index in [4.69, 9.17) is 9.26 Å². The van der Waals surface area contributed by atoms with Crippen LogP contribution in [0.25, 0.3) is 0 Å². The standard InChI is InChI=1S/C19H33N2O7P/c1-6-18(5,28-29(25,26)19(24,7-2)8-3)12(4)14-9-10-15(27-14)13-11-20-17(23)21-16(13)22/h11-12,14-15,24H,6-10H2,1-5H3,(H,25,26)(H2,20,21,22,23). The fourth-order valence-electron chi connectivity index (χ4n) is 3.80. The average Bonchev–Trinajstić information content (AvgIpc) is 3.15. The molecule has 0 radical (unpaired) electrons. The van der Waals surface area contributed by atoms with Gasteiger partial charge in [0.05, 0.1) is 23.4 Å². The monoisotopic (exact) mass is 432 g/mol. The lowest BCUT2D eigenvalue weighted by Crippen LogP contribution is -2.43. The summed E-state index contributed by atoms with van der Waals surface area (Å²) in [7, 11) is -4.33. The maximum atomic E-state index is 12.9. The molecule has 0 amide bonds. The minimum absolute atomic E-state index is 0.0996. The van der Waals surface area contributed by atoms with Crippen molar-refractivity contribution in [3.05, 3.63) is 32.6 Å². The SMILES string of the molecule is CCC(C)(OP(=O)(O)C(O)(CC)CC)C(C)C1CCC(c2c[nH]c(=O)[nH]c2=O)O1. The third-order valence-corrected chi connectivity index (χ3v) is 8.81. The van der Waals surface area contributed by atoms with Crippen LogP contribution in [-0.4, -0.2) is 37.0 Å². The summed E-state index contributed by atoms with van der Waals surface area (Å²) in [5.74, 6) is -0.280. The largest absolute Gasteiger partial charge is 0.377 e. The Kier molecular flexibility index (Phi) is 7.34. The normalized spacial score (nSPS) is 25.3. The van der Waals surface area contributed by atoms with Gasteiger partial charge in [-0.15, -0.1) is 0 Å². The number of hydrogen-bond donors (Lipinski definition) is 4. The van der Waals surface area contributed by atoms with E-state index < -0.39 is 35.9 Å². The summed E-state index contributed by atoms with van der Waals surface area (Å²) >= 11 is 0. The Labute approximate surface area is 170 Å². The number of rotatable bonds is 9. The second-order valence-corrected chi connectivity index (χ2v) is 10.1. The zero-order chi connectivity index (χ0) is 22.0. The molecule has 0 spiro atoms. The van der Waals surface area contributed by atoms with Gasteiger partial charge in [0, 0.05) is 12.1 Å². The van der Waals surface area contributed by atoms with Crippen molar-refractivity contribution in [3.8, 4) is 0 Å². The van der Waals surface area contributed by atoms with Gasteiger partial charge in [0.25, 0.3) is 5.56 Å². The molecule has 1 aliphatic heterocycles. The van der Waals surface area contributed by atoms with Crippen molar-refractivity contribution in [2.75, 3.05) is 0 Å². The summed E-state index contributed by atoms with van der Waals surface area (Å²) < 4.78 is 24.7. The summed E-state index contributed by atoms with van der Waals surface area (Å²) in [6.45, 7) is 8.77. The lowest BCUT2D eigenvalue weighted by atomic mass is 9.83. The lowest BCUT2D eigenvalue weighted by molar-refractivity contribution is -0.0757.